The van der Waals surface area contributed by atoms with Crippen molar-refractivity contribution in [3.8, 4) is 0 Å². The van der Waals surface area contributed by atoms with Crippen molar-refractivity contribution in [1.29, 1.82) is 0 Å². The van der Waals surface area contributed by atoms with Crippen LogP contribution in [0.4, 0.5) is 0 Å². The Bertz CT molecular complexity index is 671. The van der Waals surface area contributed by atoms with Gasteiger partial charge in [0.15, 0.2) is 0 Å². The van der Waals surface area contributed by atoms with Crippen molar-refractivity contribution >= 4 is 27.6 Å². The van der Waals surface area contributed by atoms with E-state index >= 15 is 0 Å². The van der Waals surface area contributed by atoms with E-state index in [4.69, 9.17) is 16.3 Å². The van der Waals surface area contributed by atoms with Crippen LogP contribution in [0, 0.1) is 0 Å². The molecule has 1 unspecified atom stereocenters. The Morgan fingerprint density at radius 1 is 1.18 bits per heavy atom. The van der Waals surface area contributed by atoms with E-state index in [0.717, 1.165) is 0 Å². The summed E-state index contributed by atoms with van der Waals surface area (Å²) in [6, 6.07) is 6.04. The highest BCUT2D eigenvalue weighted by Gasteiger charge is 2.36. The largest absolute Gasteiger partial charge is 0.464 e. The van der Waals surface area contributed by atoms with E-state index in [1.807, 2.05) is 4.90 Å². The second-order valence-corrected chi connectivity index (χ2v) is 7.74. The van der Waals surface area contributed by atoms with Crippen LogP contribution in [0.25, 0.3) is 0 Å². The molecule has 1 atom stereocenters. The Labute approximate surface area is 134 Å². The van der Waals surface area contributed by atoms with Gasteiger partial charge in [-0.2, -0.15) is 4.31 Å². The molecule has 0 bridgehead atoms. The molecule has 22 heavy (non-hydrogen) atoms. The fourth-order valence-electron chi connectivity index (χ4n) is 2.85. The molecule has 0 amide bonds. The number of carbonyl (C=O) groups is 1. The highest BCUT2D eigenvalue weighted by molar-refractivity contribution is 7.89. The lowest BCUT2D eigenvalue weighted by molar-refractivity contribution is -0.142. The Morgan fingerprint density at radius 2 is 1.91 bits per heavy atom. The van der Waals surface area contributed by atoms with Gasteiger partial charge in [0.1, 0.15) is 6.04 Å². The number of piperazine rings is 1. The molecule has 0 aliphatic carbocycles. The number of cyclic esters (lactones) is 1. The normalized spacial score (nSPS) is 24.4. The fourth-order valence-corrected chi connectivity index (χ4v) is 4.57. The van der Waals surface area contributed by atoms with E-state index in [1.165, 1.54) is 10.4 Å². The van der Waals surface area contributed by atoms with Crippen LogP contribution in [0.3, 0.4) is 0 Å². The molecule has 0 N–H and O–H groups in total. The maximum absolute atomic E-state index is 12.6. The molecule has 3 rings (SSSR count). The third-order valence-electron chi connectivity index (χ3n) is 4.06. The monoisotopic (exact) mass is 344 g/mol. The van der Waals surface area contributed by atoms with Crippen molar-refractivity contribution in [2.75, 3.05) is 32.8 Å². The minimum Gasteiger partial charge on any atom is -0.464 e. The van der Waals surface area contributed by atoms with E-state index in [2.05, 4.69) is 0 Å². The SMILES string of the molecule is O=C1OCCC1N1CCN(S(=O)(=O)c2cccc(Cl)c2)CC1. The van der Waals surface area contributed by atoms with Crippen LogP contribution in [-0.2, 0) is 19.6 Å². The summed E-state index contributed by atoms with van der Waals surface area (Å²) in [6.45, 7) is 2.22. The van der Waals surface area contributed by atoms with E-state index in [9.17, 15) is 13.2 Å². The zero-order valence-corrected chi connectivity index (χ0v) is 13.5. The van der Waals surface area contributed by atoms with Crippen molar-refractivity contribution in [3.05, 3.63) is 29.3 Å². The summed E-state index contributed by atoms with van der Waals surface area (Å²) in [5.41, 5.74) is 0. The van der Waals surface area contributed by atoms with Gasteiger partial charge in [0.2, 0.25) is 10.0 Å². The predicted molar refractivity (Wildman–Crippen MR) is 81.1 cm³/mol. The highest BCUT2D eigenvalue weighted by Crippen LogP contribution is 2.22. The molecule has 2 heterocycles. The molecule has 1 aromatic carbocycles. The van der Waals surface area contributed by atoms with Crippen LogP contribution in [-0.4, -0.2) is 62.4 Å². The van der Waals surface area contributed by atoms with Gasteiger partial charge in [-0.1, -0.05) is 17.7 Å². The van der Waals surface area contributed by atoms with Crippen LogP contribution < -0.4 is 0 Å². The highest BCUT2D eigenvalue weighted by atomic mass is 35.5. The average Bonchev–Trinajstić information content (AvgIpc) is 2.93. The Hall–Kier alpha value is -1.15. The van der Waals surface area contributed by atoms with E-state index in [0.29, 0.717) is 44.2 Å². The maximum atomic E-state index is 12.6. The van der Waals surface area contributed by atoms with Crippen LogP contribution in [0.5, 0.6) is 0 Å². The lowest BCUT2D eigenvalue weighted by Crippen LogP contribution is -2.52. The summed E-state index contributed by atoms with van der Waals surface area (Å²) < 4.78 is 31.6. The van der Waals surface area contributed by atoms with Gasteiger partial charge in [-0.25, -0.2) is 8.42 Å². The molecule has 2 fully saturated rings. The van der Waals surface area contributed by atoms with E-state index in [1.54, 1.807) is 18.2 Å². The van der Waals surface area contributed by atoms with Gasteiger partial charge in [-0.05, 0) is 18.2 Å². The van der Waals surface area contributed by atoms with Gasteiger partial charge in [0.25, 0.3) is 0 Å². The van der Waals surface area contributed by atoms with E-state index in [-0.39, 0.29) is 16.9 Å². The molecule has 2 saturated heterocycles. The quantitative estimate of drug-likeness (QED) is 0.764. The Kier molecular flexibility index (Phi) is 4.40. The van der Waals surface area contributed by atoms with Gasteiger partial charge < -0.3 is 4.74 Å². The third kappa shape index (κ3) is 2.99. The molecular formula is C14H17ClN2O4S. The molecule has 0 aromatic heterocycles. The van der Waals surface area contributed by atoms with Crippen LogP contribution in [0.15, 0.2) is 29.2 Å². The number of hydrogen-bond donors (Lipinski definition) is 0. The minimum atomic E-state index is -3.54. The number of ether oxygens (including phenoxy) is 1. The van der Waals surface area contributed by atoms with Gasteiger partial charge in [-0.3, -0.25) is 9.69 Å². The summed E-state index contributed by atoms with van der Waals surface area (Å²) >= 11 is 5.87. The maximum Gasteiger partial charge on any atom is 0.323 e. The summed E-state index contributed by atoms with van der Waals surface area (Å²) in [5, 5.41) is 0.397. The number of benzene rings is 1. The Balaban J connectivity index is 1.69. The van der Waals surface area contributed by atoms with Gasteiger partial charge in [0, 0.05) is 37.6 Å². The number of carbonyl (C=O) groups excluding carboxylic acids is 1. The molecule has 120 valence electrons. The van der Waals surface area contributed by atoms with Crippen LogP contribution in [0.2, 0.25) is 5.02 Å². The number of sulfonamides is 1. The molecule has 1 aromatic rings. The molecular weight excluding hydrogens is 328 g/mol. The van der Waals surface area contributed by atoms with Crippen molar-refractivity contribution in [2.24, 2.45) is 0 Å². The topological polar surface area (TPSA) is 66.9 Å². The first-order valence-corrected chi connectivity index (χ1v) is 8.97. The summed E-state index contributed by atoms with van der Waals surface area (Å²) in [7, 11) is -3.54. The van der Waals surface area contributed by atoms with Crippen molar-refractivity contribution in [1.82, 2.24) is 9.21 Å². The standard InChI is InChI=1S/C14H17ClN2O4S/c15-11-2-1-3-12(10-11)22(19,20)17-7-5-16(6-8-17)13-4-9-21-14(13)18/h1-3,10,13H,4-9H2. The number of esters is 1. The molecule has 0 radical (unpaired) electrons. The molecule has 2 aliphatic heterocycles. The lowest BCUT2D eigenvalue weighted by Gasteiger charge is -2.35. The number of halogens is 1. The lowest BCUT2D eigenvalue weighted by atomic mass is 10.2. The Morgan fingerprint density at radius 3 is 2.50 bits per heavy atom. The fraction of sp³-hybridized carbons (Fsp3) is 0.500. The average molecular weight is 345 g/mol. The third-order valence-corrected chi connectivity index (χ3v) is 6.19. The first kappa shape index (κ1) is 15.7. The van der Waals surface area contributed by atoms with Gasteiger partial charge in [-0.15, -0.1) is 0 Å². The van der Waals surface area contributed by atoms with Crippen molar-refractivity contribution < 1.29 is 17.9 Å². The summed E-state index contributed by atoms with van der Waals surface area (Å²) in [5.74, 6) is -0.203. The van der Waals surface area contributed by atoms with Crippen molar-refractivity contribution in [3.63, 3.8) is 0 Å². The van der Waals surface area contributed by atoms with E-state index < -0.39 is 10.0 Å². The first-order valence-electron chi connectivity index (χ1n) is 7.15. The number of nitrogens with zero attached hydrogens (tertiary/aromatic N) is 2. The van der Waals surface area contributed by atoms with Gasteiger partial charge >= 0.3 is 5.97 Å². The zero-order valence-electron chi connectivity index (χ0n) is 11.9. The molecule has 2 aliphatic rings. The number of hydrogen-bond acceptors (Lipinski definition) is 5. The zero-order chi connectivity index (χ0) is 15.7. The second-order valence-electron chi connectivity index (χ2n) is 5.37. The van der Waals surface area contributed by atoms with Crippen molar-refractivity contribution in [2.45, 2.75) is 17.4 Å². The summed E-state index contributed by atoms with van der Waals surface area (Å²) in [6.07, 6.45) is 0.680. The first-order chi connectivity index (χ1) is 10.5. The molecule has 0 spiro atoms. The second kappa shape index (κ2) is 6.16. The molecule has 6 nitrogen and oxygen atoms in total. The predicted octanol–water partition coefficient (Wildman–Crippen LogP) is 0.962. The molecule has 8 heteroatoms. The van der Waals surface area contributed by atoms with Crippen LogP contribution in [0.1, 0.15) is 6.42 Å². The van der Waals surface area contributed by atoms with Crippen LogP contribution >= 0.6 is 11.6 Å². The minimum absolute atomic E-state index is 0.203. The van der Waals surface area contributed by atoms with Gasteiger partial charge in [0.05, 0.1) is 11.5 Å². The summed E-state index contributed by atoms with van der Waals surface area (Å²) in [4.78, 5) is 13.8. The smallest absolute Gasteiger partial charge is 0.323 e. The number of rotatable bonds is 3. The molecule has 0 saturated carbocycles.